The van der Waals surface area contributed by atoms with Gasteiger partial charge in [0.1, 0.15) is 0 Å². The Morgan fingerprint density at radius 2 is 1.09 bits per heavy atom. The first kappa shape index (κ1) is 20.0. The van der Waals surface area contributed by atoms with Crippen molar-refractivity contribution in [2.45, 2.75) is 19.3 Å². The van der Waals surface area contributed by atoms with Crippen LogP contribution in [0.3, 0.4) is 0 Å². The summed E-state index contributed by atoms with van der Waals surface area (Å²) in [6.07, 6.45) is 3.92. The van der Waals surface area contributed by atoms with E-state index in [1.54, 1.807) is 0 Å². The minimum absolute atomic E-state index is 0.144. The number of nitrogens with zero attached hydrogens (tertiary/aromatic N) is 4. The summed E-state index contributed by atoms with van der Waals surface area (Å²) in [4.78, 5) is 14.4. The lowest BCUT2D eigenvalue weighted by atomic mass is 9.94. The van der Waals surface area contributed by atoms with Crippen molar-refractivity contribution in [3.05, 3.63) is 120 Å². The fourth-order valence-electron chi connectivity index (χ4n) is 5.16. The van der Waals surface area contributed by atoms with Crippen LogP contribution in [0.25, 0.3) is 21.5 Å². The van der Waals surface area contributed by atoms with Crippen LogP contribution in [0.2, 0.25) is 0 Å². The summed E-state index contributed by atoms with van der Waals surface area (Å²) in [6, 6.07) is 32.3. The Kier molecular flexibility index (Phi) is 5.31. The second-order valence-electron chi connectivity index (χ2n) is 8.69. The average Bonchev–Trinajstić information content (AvgIpc) is 3.25. The van der Waals surface area contributed by atoms with E-state index in [2.05, 4.69) is 98.6 Å². The Bertz CT molecular complexity index is 1280. The molecular weight excluding hydrogens is 404 g/mol. The Balaban J connectivity index is 1.52. The largest absolute Gasteiger partial charge is 0.277 e. The number of hydrogen-bond donors (Lipinski definition) is 0. The molecule has 0 atom stereocenters. The van der Waals surface area contributed by atoms with Gasteiger partial charge >= 0.3 is 0 Å². The van der Waals surface area contributed by atoms with Gasteiger partial charge in [0, 0.05) is 38.6 Å². The monoisotopic (exact) mass is 430 g/mol. The molecule has 3 heterocycles. The first-order valence-corrected chi connectivity index (χ1v) is 11.6. The minimum atomic E-state index is 0.144. The molecule has 1 aliphatic heterocycles. The van der Waals surface area contributed by atoms with Gasteiger partial charge in [-0.1, -0.05) is 60.7 Å². The molecule has 4 nitrogen and oxygen atoms in total. The fraction of sp³-hybridized carbons (Fsp3) is 0.172. The second-order valence-corrected chi connectivity index (χ2v) is 8.69. The average molecular weight is 431 g/mol. The van der Waals surface area contributed by atoms with Crippen molar-refractivity contribution in [2.24, 2.45) is 0 Å². The van der Waals surface area contributed by atoms with Crippen molar-refractivity contribution in [3.63, 3.8) is 0 Å². The standard InChI is InChI=1S/C29H26N4/c1-3-13-26-22(9-1)19-23-10-2-4-14-27(23)28(26)29-32(20-24-11-5-7-15-30-24)17-18-33(29)21-25-12-6-8-16-31-25/h1-16,19,29H,17-18,20-21H2. The molecule has 0 aliphatic carbocycles. The van der Waals surface area contributed by atoms with E-state index >= 15 is 0 Å². The van der Waals surface area contributed by atoms with Gasteiger partial charge in [-0.3, -0.25) is 19.8 Å². The molecule has 0 spiro atoms. The zero-order chi connectivity index (χ0) is 22.0. The number of hydrogen-bond acceptors (Lipinski definition) is 4. The van der Waals surface area contributed by atoms with Crippen LogP contribution in [0.5, 0.6) is 0 Å². The molecule has 0 saturated carbocycles. The molecule has 6 rings (SSSR count). The zero-order valence-electron chi connectivity index (χ0n) is 18.5. The zero-order valence-corrected chi connectivity index (χ0v) is 18.5. The first-order chi connectivity index (χ1) is 16.4. The Labute approximate surface area is 194 Å². The van der Waals surface area contributed by atoms with Gasteiger partial charge in [-0.15, -0.1) is 0 Å². The molecule has 5 aromatic rings. The van der Waals surface area contributed by atoms with Gasteiger partial charge in [-0.2, -0.15) is 0 Å². The van der Waals surface area contributed by atoms with Gasteiger partial charge in [0.15, 0.2) is 0 Å². The van der Waals surface area contributed by atoms with E-state index in [9.17, 15) is 0 Å². The van der Waals surface area contributed by atoms with E-state index in [1.165, 1.54) is 27.1 Å². The lowest BCUT2D eigenvalue weighted by molar-refractivity contribution is 0.126. The van der Waals surface area contributed by atoms with Gasteiger partial charge in [0.2, 0.25) is 0 Å². The number of benzene rings is 3. The highest BCUT2D eigenvalue weighted by molar-refractivity contribution is 6.02. The van der Waals surface area contributed by atoms with Crippen LogP contribution in [0.15, 0.2) is 103 Å². The molecule has 0 amide bonds. The van der Waals surface area contributed by atoms with Gasteiger partial charge in [0.05, 0.1) is 17.6 Å². The van der Waals surface area contributed by atoms with Gasteiger partial charge in [-0.05, 0) is 57.4 Å². The third-order valence-electron chi connectivity index (χ3n) is 6.62. The third-order valence-corrected chi connectivity index (χ3v) is 6.62. The highest BCUT2D eigenvalue weighted by Crippen LogP contribution is 2.40. The second kappa shape index (κ2) is 8.74. The fourth-order valence-corrected chi connectivity index (χ4v) is 5.16. The maximum Gasteiger partial charge on any atom is 0.0906 e. The van der Waals surface area contributed by atoms with Crippen molar-refractivity contribution in [1.29, 1.82) is 0 Å². The van der Waals surface area contributed by atoms with Crippen LogP contribution >= 0.6 is 0 Å². The summed E-state index contributed by atoms with van der Waals surface area (Å²) in [7, 11) is 0. The highest BCUT2D eigenvalue weighted by Gasteiger charge is 2.35. The molecule has 2 aromatic heterocycles. The van der Waals surface area contributed by atoms with Gasteiger partial charge in [-0.25, -0.2) is 0 Å². The molecule has 0 bridgehead atoms. The topological polar surface area (TPSA) is 32.3 Å². The number of aromatic nitrogens is 2. The van der Waals surface area contributed by atoms with Crippen molar-refractivity contribution < 1.29 is 0 Å². The van der Waals surface area contributed by atoms with E-state index in [-0.39, 0.29) is 6.17 Å². The maximum absolute atomic E-state index is 4.63. The normalized spacial score (nSPS) is 15.5. The number of fused-ring (bicyclic) bond motifs is 2. The SMILES string of the molecule is c1ccc(CN2CCN(Cc3ccccn3)C2c2c3ccccc3cc3ccccc23)nc1. The minimum Gasteiger partial charge on any atom is -0.277 e. The molecule has 1 fully saturated rings. The van der Waals surface area contributed by atoms with Gasteiger partial charge in [0.25, 0.3) is 0 Å². The predicted molar refractivity (Wildman–Crippen MR) is 133 cm³/mol. The lowest BCUT2D eigenvalue weighted by Gasteiger charge is -2.32. The summed E-state index contributed by atoms with van der Waals surface area (Å²) >= 11 is 0. The van der Waals surface area contributed by atoms with Crippen LogP contribution < -0.4 is 0 Å². The number of pyridine rings is 2. The van der Waals surface area contributed by atoms with Crippen LogP contribution in [-0.2, 0) is 13.1 Å². The predicted octanol–water partition coefficient (Wildman–Crippen LogP) is 5.80. The van der Waals surface area contributed by atoms with Crippen LogP contribution in [0, 0.1) is 0 Å². The quantitative estimate of drug-likeness (QED) is 0.330. The van der Waals surface area contributed by atoms with Crippen molar-refractivity contribution in [3.8, 4) is 0 Å². The van der Waals surface area contributed by atoms with Gasteiger partial charge < -0.3 is 0 Å². The summed E-state index contributed by atoms with van der Waals surface area (Å²) in [5.74, 6) is 0. The molecule has 0 N–H and O–H groups in total. The lowest BCUT2D eigenvalue weighted by Crippen LogP contribution is -2.31. The van der Waals surface area contributed by atoms with Crippen molar-refractivity contribution >= 4 is 21.5 Å². The highest BCUT2D eigenvalue weighted by atomic mass is 15.4. The Hall–Kier alpha value is -3.60. The van der Waals surface area contributed by atoms with Crippen LogP contribution in [0.4, 0.5) is 0 Å². The molecule has 162 valence electrons. The van der Waals surface area contributed by atoms with Crippen LogP contribution in [-0.4, -0.2) is 32.9 Å². The van der Waals surface area contributed by atoms with E-state index < -0.39 is 0 Å². The number of rotatable bonds is 5. The van der Waals surface area contributed by atoms with Crippen molar-refractivity contribution in [1.82, 2.24) is 19.8 Å². The molecule has 33 heavy (non-hydrogen) atoms. The van der Waals surface area contributed by atoms with Crippen LogP contribution in [0.1, 0.15) is 23.1 Å². The molecular formula is C29H26N4. The molecule has 0 unspecified atom stereocenters. The molecule has 1 saturated heterocycles. The Morgan fingerprint density at radius 3 is 1.58 bits per heavy atom. The smallest absolute Gasteiger partial charge is 0.0906 e. The summed E-state index contributed by atoms with van der Waals surface area (Å²) in [5, 5.41) is 5.21. The van der Waals surface area contributed by atoms with E-state index in [0.717, 1.165) is 37.6 Å². The Morgan fingerprint density at radius 1 is 0.606 bits per heavy atom. The summed E-state index contributed by atoms with van der Waals surface area (Å²) in [6.45, 7) is 3.63. The van der Waals surface area contributed by atoms with E-state index in [4.69, 9.17) is 0 Å². The maximum atomic E-state index is 4.63. The summed E-state index contributed by atoms with van der Waals surface area (Å²) in [5.41, 5.74) is 3.59. The van der Waals surface area contributed by atoms with E-state index in [1.807, 2.05) is 24.5 Å². The van der Waals surface area contributed by atoms with E-state index in [0.29, 0.717) is 0 Å². The molecule has 4 heteroatoms. The van der Waals surface area contributed by atoms with Crippen molar-refractivity contribution in [2.75, 3.05) is 13.1 Å². The first-order valence-electron chi connectivity index (χ1n) is 11.6. The summed E-state index contributed by atoms with van der Waals surface area (Å²) < 4.78 is 0. The third kappa shape index (κ3) is 3.88. The molecule has 1 aliphatic rings. The molecule has 0 radical (unpaired) electrons. The molecule has 3 aromatic carbocycles.